The third kappa shape index (κ3) is 5.61. The number of hydrogen-bond donors (Lipinski definition) is 4. The van der Waals surface area contributed by atoms with Crippen LogP contribution >= 0.6 is 0 Å². The number of rotatable bonds is 6. The summed E-state index contributed by atoms with van der Waals surface area (Å²) in [5, 5.41) is 18.1. The lowest BCUT2D eigenvalue weighted by Gasteiger charge is -2.44. The highest BCUT2D eigenvalue weighted by Gasteiger charge is 2.35. The van der Waals surface area contributed by atoms with E-state index in [4.69, 9.17) is 5.41 Å². The molecule has 0 radical (unpaired) electrons. The van der Waals surface area contributed by atoms with Gasteiger partial charge in [-0.25, -0.2) is 0 Å². The summed E-state index contributed by atoms with van der Waals surface area (Å²) < 4.78 is 0. The van der Waals surface area contributed by atoms with Crippen molar-refractivity contribution < 1.29 is 4.79 Å². The minimum atomic E-state index is -0.305. The molecule has 0 saturated carbocycles. The summed E-state index contributed by atoms with van der Waals surface area (Å²) in [6.07, 6.45) is 5.21. The first-order valence-corrected chi connectivity index (χ1v) is 10.3. The van der Waals surface area contributed by atoms with Crippen LogP contribution < -0.4 is 16.0 Å². The Morgan fingerprint density at radius 2 is 1.53 bits per heavy atom. The Hall–Kier alpha value is -2.84. The number of guanidine groups is 1. The molecule has 4 N–H and O–H groups in total. The molecule has 1 aliphatic heterocycles. The molecule has 0 aromatic carbocycles. The van der Waals surface area contributed by atoms with Crippen molar-refractivity contribution in [2.45, 2.75) is 52.4 Å². The summed E-state index contributed by atoms with van der Waals surface area (Å²) in [7, 11) is 0. The van der Waals surface area contributed by atoms with Gasteiger partial charge >= 0.3 is 0 Å². The number of amides is 1. The Bertz CT molecular complexity index is 839. The van der Waals surface area contributed by atoms with Crippen molar-refractivity contribution in [1.29, 1.82) is 5.41 Å². The van der Waals surface area contributed by atoms with Crippen LogP contribution in [0.5, 0.6) is 0 Å². The zero-order valence-corrected chi connectivity index (χ0v) is 18.0. The van der Waals surface area contributed by atoms with Gasteiger partial charge in [0, 0.05) is 45.5 Å². The Morgan fingerprint density at radius 3 is 1.97 bits per heavy atom. The van der Waals surface area contributed by atoms with Crippen molar-refractivity contribution >= 4 is 11.9 Å². The average molecular weight is 410 g/mol. The van der Waals surface area contributed by atoms with Gasteiger partial charge in [-0.05, 0) is 49.9 Å². The maximum Gasteiger partial charge on any atom is 0.223 e. The molecule has 1 aliphatic rings. The molecule has 0 atom stereocenters. The monoisotopic (exact) mass is 409 g/mol. The normalized spacial score (nSPS) is 15.6. The highest BCUT2D eigenvalue weighted by Crippen LogP contribution is 2.22. The van der Waals surface area contributed by atoms with Crippen molar-refractivity contribution in [2.75, 3.05) is 13.1 Å². The smallest absolute Gasteiger partial charge is 0.223 e. The van der Waals surface area contributed by atoms with Gasteiger partial charge in [-0.15, -0.1) is 0 Å². The highest BCUT2D eigenvalue weighted by atomic mass is 16.1. The van der Waals surface area contributed by atoms with E-state index < -0.39 is 0 Å². The second-order valence-corrected chi connectivity index (χ2v) is 7.84. The Labute approximate surface area is 178 Å². The molecule has 1 amide bonds. The molecule has 3 rings (SSSR count). The van der Waals surface area contributed by atoms with Gasteiger partial charge in [0.1, 0.15) is 0 Å². The van der Waals surface area contributed by atoms with E-state index in [1.54, 1.807) is 0 Å². The summed E-state index contributed by atoms with van der Waals surface area (Å²) in [6, 6.07) is 8.03. The van der Waals surface area contributed by atoms with Crippen LogP contribution in [-0.2, 0) is 17.9 Å². The van der Waals surface area contributed by atoms with Gasteiger partial charge in [0.15, 0.2) is 5.96 Å². The fourth-order valence-electron chi connectivity index (χ4n) is 3.69. The molecule has 8 nitrogen and oxygen atoms in total. The lowest BCUT2D eigenvalue weighted by atomic mass is 9.95. The molecule has 2 aromatic rings. The SMILES string of the molecule is CC(=O)NC(=N)N1CCC(NCc2ncccc2C)(NCc2ncccc2C)CC1. The summed E-state index contributed by atoms with van der Waals surface area (Å²) in [6.45, 7) is 8.21. The quantitative estimate of drug-likeness (QED) is 0.330. The topological polar surface area (TPSA) is 106 Å². The standard InChI is InChI=1S/C22H31N7O/c1-16-6-4-10-24-19(16)14-26-22(27-15-20-17(2)7-5-11-25-20)8-12-29(13-9-22)21(23)28-18(3)30/h4-7,10-11,26-27H,8-9,12-15H2,1-3H3,(H2,23,28,30). The van der Waals surface area contributed by atoms with Crippen LogP contribution in [0.15, 0.2) is 36.7 Å². The maximum atomic E-state index is 11.3. The van der Waals surface area contributed by atoms with Gasteiger partial charge in [0.25, 0.3) is 0 Å². The van der Waals surface area contributed by atoms with E-state index >= 15 is 0 Å². The fraction of sp³-hybridized carbons (Fsp3) is 0.455. The summed E-state index contributed by atoms with van der Waals surface area (Å²) in [5.41, 5.74) is 4.07. The van der Waals surface area contributed by atoms with Crippen LogP contribution in [0.25, 0.3) is 0 Å². The second kappa shape index (κ2) is 9.77. The van der Waals surface area contributed by atoms with Gasteiger partial charge in [-0.3, -0.25) is 36.1 Å². The van der Waals surface area contributed by atoms with Gasteiger partial charge in [-0.2, -0.15) is 0 Å². The van der Waals surface area contributed by atoms with Crippen molar-refractivity contribution in [2.24, 2.45) is 0 Å². The molecule has 0 spiro atoms. The number of likely N-dealkylation sites (tertiary alicyclic amines) is 1. The minimum Gasteiger partial charge on any atom is -0.343 e. The van der Waals surface area contributed by atoms with Crippen molar-refractivity contribution in [3.8, 4) is 0 Å². The summed E-state index contributed by atoms with van der Waals surface area (Å²) in [4.78, 5) is 22.2. The van der Waals surface area contributed by atoms with E-state index in [-0.39, 0.29) is 17.5 Å². The minimum absolute atomic E-state index is 0.164. The van der Waals surface area contributed by atoms with Crippen LogP contribution in [0.4, 0.5) is 0 Å². The van der Waals surface area contributed by atoms with Crippen molar-refractivity contribution in [1.82, 2.24) is 30.8 Å². The van der Waals surface area contributed by atoms with Crippen LogP contribution in [0.3, 0.4) is 0 Å². The first kappa shape index (κ1) is 21.9. The zero-order valence-electron chi connectivity index (χ0n) is 18.0. The van der Waals surface area contributed by atoms with Crippen molar-refractivity contribution in [3.05, 3.63) is 59.2 Å². The number of piperidine rings is 1. The van der Waals surface area contributed by atoms with Gasteiger partial charge in [0.2, 0.25) is 5.91 Å². The molecule has 3 heterocycles. The first-order chi connectivity index (χ1) is 14.4. The molecule has 30 heavy (non-hydrogen) atoms. The number of aryl methyl sites for hydroxylation is 2. The Morgan fingerprint density at radius 1 is 1.03 bits per heavy atom. The summed E-state index contributed by atoms with van der Waals surface area (Å²) >= 11 is 0. The van der Waals surface area contributed by atoms with Gasteiger partial charge in [0.05, 0.1) is 17.1 Å². The molecular weight excluding hydrogens is 378 g/mol. The molecule has 1 fully saturated rings. The van der Waals surface area contributed by atoms with Crippen LogP contribution in [0.1, 0.15) is 42.3 Å². The maximum absolute atomic E-state index is 11.3. The van der Waals surface area contributed by atoms with Gasteiger partial charge < -0.3 is 4.90 Å². The predicted molar refractivity (Wildman–Crippen MR) is 117 cm³/mol. The number of aromatic nitrogens is 2. The van der Waals surface area contributed by atoms with E-state index in [9.17, 15) is 4.79 Å². The number of carbonyl (C=O) groups excluding carboxylic acids is 1. The van der Waals surface area contributed by atoms with E-state index in [0.29, 0.717) is 26.2 Å². The van der Waals surface area contributed by atoms with Gasteiger partial charge in [-0.1, -0.05) is 12.1 Å². The van der Waals surface area contributed by atoms with E-state index in [0.717, 1.165) is 35.4 Å². The number of carbonyl (C=O) groups is 1. The number of nitrogens with one attached hydrogen (secondary N) is 4. The largest absolute Gasteiger partial charge is 0.343 e. The van der Waals surface area contributed by atoms with Crippen LogP contribution in [0.2, 0.25) is 0 Å². The number of hydrogen-bond acceptors (Lipinski definition) is 6. The fourth-order valence-corrected chi connectivity index (χ4v) is 3.69. The van der Waals surface area contributed by atoms with E-state index in [2.05, 4.69) is 51.9 Å². The lowest BCUT2D eigenvalue weighted by molar-refractivity contribution is -0.117. The average Bonchev–Trinajstić information content (AvgIpc) is 2.73. The Balaban J connectivity index is 1.70. The third-order valence-electron chi connectivity index (χ3n) is 5.65. The molecule has 8 heteroatoms. The molecule has 0 bridgehead atoms. The molecule has 0 aliphatic carbocycles. The first-order valence-electron chi connectivity index (χ1n) is 10.3. The molecule has 1 saturated heterocycles. The number of nitrogens with zero attached hydrogens (tertiary/aromatic N) is 3. The van der Waals surface area contributed by atoms with Crippen molar-refractivity contribution in [3.63, 3.8) is 0 Å². The third-order valence-corrected chi connectivity index (χ3v) is 5.65. The molecule has 0 unspecified atom stereocenters. The second-order valence-electron chi connectivity index (χ2n) is 7.84. The zero-order chi connectivity index (χ0) is 21.6. The van der Waals surface area contributed by atoms with E-state index in [1.165, 1.54) is 6.92 Å². The van der Waals surface area contributed by atoms with Crippen LogP contribution in [0, 0.1) is 19.3 Å². The molecule has 160 valence electrons. The Kier molecular flexibility index (Phi) is 7.12. The van der Waals surface area contributed by atoms with E-state index in [1.807, 2.05) is 29.4 Å². The lowest BCUT2D eigenvalue weighted by Crippen LogP contribution is -2.63. The molecular formula is C22H31N7O. The number of pyridine rings is 2. The summed E-state index contributed by atoms with van der Waals surface area (Å²) in [5.74, 6) is -0.0541. The highest BCUT2D eigenvalue weighted by molar-refractivity contribution is 5.94. The molecule has 2 aromatic heterocycles. The van der Waals surface area contributed by atoms with Crippen LogP contribution in [-0.4, -0.2) is 45.5 Å². The predicted octanol–water partition coefficient (Wildman–Crippen LogP) is 1.84.